The molecule has 2 rings (SSSR count). The molecule has 2 heterocycles. The summed E-state index contributed by atoms with van der Waals surface area (Å²) in [4.78, 5) is 18.5. The lowest BCUT2D eigenvalue weighted by Crippen LogP contribution is -2.24. The monoisotopic (exact) mass is 215 g/mol. The first-order chi connectivity index (χ1) is 7.84. The van der Waals surface area contributed by atoms with Crippen molar-refractivity contribution in [2.24, 2.45) is 0 Å². The number of aromatic amines is 1. The molecule has 4 nitrogen and oxygen atoms in total. The topological polar surface area (TPSA) is 57.8 Å². The number of aromatic nitrogens is 2. The Morgan fingerprint density at radius 2 is 2.31 bits per heavy atom. The average molecular weight is 215 g/mol. The Kier molecular flexibility index (Phi) is 3.33. The van der Waals surface area contributed by atoms with Crippen molar-refractivity contribution in [3.63, 3.8) is 0 Å². The summed E-state index contributed by atoms with van der Waals surface area (Å²) in [6, 6.07) is 5.65. The number of rotatable bonds is 4. The van der Waals surface area contributed by atoms with E-state index in [4.69, 9.17) is 0 Å². The van der Waals surface area contributed by atoms with Gasteiger partial charge in [0.05, 0.1) is 6.42 Å². The highest BCUT2D eigenvalue weighted by Gasteiger charge is 2.02. The van der Waals surface area contributed by atoms with Gasteiger partial charge in [0.25, 0.3) is 0 Å². The van der Waals surface area contributed by atoms with E-state index in [1.807, 2.05) is 30.6 Å². The maximum Gasteiger partial charge on any atom is 0.224 e. The third-order valence-corrected chi connectivity index (χ3v) is 2.24. The molecule has 0 bridgehead atoms. The average Bonchev–Trinajstić information content (AvgIpc) is 2.81. The highest BCUT2D eigenvalue weighted by Crippen LogP contribution is 1.98. The number of amides is 1. The number of nitrogens with zero attached hydrogens (tertiary/aromatic N) is 1. The van der Waals surface area contributed by atoms with Gasteiger partial charge in [-0.2, -0.15) is 0 Å². The fourth-order valence-corrected chi connectivity index (χ4v) is 1.42. The van der Waals surface area contributed by atoms with Gasteiger partial charge in [0.2, 0.25) is 5.91 Å². The van der Waals surface area contributed by atoms with Crippen LogP contribution in [0.15, 0.2) is 43.0 Å². The summed E-state index contributed by atoms with van der Waals surface area (Å²) in [5.41, 5.74) is 1.99. The Morgan fingerprint density at radius 1 is 1.38 bits per heavy atom. The van der Waals surface area contributed by atoms with Crippen molar-refractivity contribution in [2.45, 2.75) is 13.0 Å². The molecule has 2 N–H and O–H groups in total. The van der Waals surface area contributed by atoms with Crippen molar-refractivity contribution in [1.82, 2.24) is 15.3 Å². The van der Waals surface area contributed by atoms with Crippen LogP contribution in [0, 0.1) is 0 Å². The van der Waals surface area contributed by atoms with Gasteiger partial charge in [0.15, 0.2) is 0 Å². The lowest BCUT2D eigenvalue weighted by Gasteiger charge is -2.03. The van der Waals surface area contributed by atoms with Gasteiger partial charge in [-0.1, -0.05) is 6.07 Å². The fraction of sp³-hybridized carbons (Fsp3) is 0.167. The second-order valence-corrected chi connectivity index (χ2v) is 3.53. The van der Waals surface area contributed by atoms with Crippen molar-refractivity contribution in [3.8, 4) is 0 Å². The van der Waals surface area contributed by atoms with Gasteiger partial charge in [-0.3, -0.25) is 9.78 Å². The number of carbonyl (C=O) groups excluding carboxylic acids is 1. The lowest BCUT2D eigenvalue weighted by molar-refractivity contribution is -0.120. The molecule has 0 aromatic carbocycles. The van der Waals surface area contributed by atoms with Gasteiger partial charge < -0.3 is 10.3 Å². The quantitative estimate of drug-likeness (QED) is 0.806. The molecule has 0 spiro atoms. The summed E-state index contributed by atoms with van der Waals surface area (Å²) in [5, 5.41) is 2.85. The Balaban J connectivity index is 1.81. The third-order valence-electron chi connectivity index (χ3n) is 2.24. The van der Waals surface area contributed by atoms with Crippen LogP contribution >= 0.6 is 0 Å². The molecule has 16 heavy (non-hydrogen) atoms. The van der Waals surface area contributed by atoms with E-state index in [-0.39, 0.29) is 5.91 Å². The molecule has 0 radical (unpaired) electrons. The maximum absolute atomic E-state index is 11.6. The van der Waals surface area contributed by atoms with Gasteiger partial charge in [0, 0.05) is 31.3 Å². The molecule has 0 saturated carbocycles. The van der Waals surface area contributed by atoms with E-state index in [1.165, 1.54) is 0 Å². The molecular weight excluding hydrogens is 202 g/mol. The molecule has 2 aromatic rings. The minimum Gasteiger partial charge on any atom is -0.367 e. The number of hydrogen-bond donors (Lipinski definition) is 2. The number of pyridine rings is 1. The summed E-state index contributed by atoms with van der Waals surface area (Å²) in [5.74, 6) is 0.00852. The van der Waals surface area contributed by atoms with Gasteiger partial charge in [-0.05, 0) is 23.3 Å². The fourth-order valence-electron chi connectivity index (χ4n) is 1.42. The molecule has 0 aliphatic rings. The van der Waals surface area contributed by atoms with Crippen LogP contribution in [0.1, 0.15) is 11.1 Å². The number of H-pyrrole nitrogens is 1. The van der Waals surface area contributed by atoms with Crippen molar-refractivity contribution in [3.05, 3.63) is 54.1 Å². The third kappa shape index (κ3) is 2.95. The van der Waals surface area contributed by atoms with E-state index in [9.17, 15) is 4.79 Å². The van der Waals surface area contributed by atoms with E-state index in [0.717, 1.165) is 11.1 Å². The molecule has 4 heteroatoms. The van der Waals surface area contributed by atoms with Crippen LogP contribution in [0.4, 0.5) is 0 Å². The van der Waals surface area contributed by atoms with Crippen molar-refractivity contribution >= 4 is 5.91 Å². The van der Waals surface area contributed by atoms with Gasteiger partial charge in [0.1, 0.15) is 0 Å². The highest BCUT2D eigenvalue weighted by atomic mass is 16.1. The summed E-state index contributed by atoms with van der Waals surface area (Å²) in [6.07, 6.45) is 7.47. The number of hydrogen-bond acceptors (Lipinski definition) is 2. The van der Waals surface area contributed by atoms with Crippen LogP contribution in [-0.4, -0.2) is 15.9 Å². The zero-order valence-corrected chi connectivity index (χ0v) is 8.81. The predicted molar refractivity (Wildman–Crippen MR) is 60.6 cm³/mol. The minimum absolute atomic E-state index is 0.00852. The second-order valence-electron chi connectivity index (χ2n) is 3.53. The normalized spacial score (nSPS) is 10.0. The van der Waals surface area contributed by atoms with E-state index in [0.29, 0.717) is 13.0 Å². The Morgan fingerprint density at radius 3 is 3.00 bits per heavy atom. The molecule has 82 valence electrons. The first-order valence-corrected chi connectivity index (χ1v) is 5.12. The van der Waals surface area contributed by atoms with Gasteiger partial charge >= 0.3 is 0 Å². The Hall–Kier alpha value is -2.10. The zero-order valence-electron chi connectivity index (χ0n) is 8.81. The molecule has 2 aromatic heterocycles. The zero-order chi connectivity index (χ0) is 11.2. The summed E-state index contributed by atoms with van der Waals surface area (Å²) in [7, 11) is 0. The van der Waals surface area contributed by atoms with E-state index in [1.54, 1.807) is 12.4 Å². The SMILES string of the molecule is O=C(Cc1cccnc1)NCc1cc[nH]c1. The van der Waals surface area contributed by atoms with Crippen LogP contribution in [0.2, 0.25) is 0 Å². The molecule has 0 aliphatic heterocycles. The molecule has 0 unspecified atom stereocenters. The van der Waals surface area contributed by atoms with E-state index < -0.39 is 0 Å². The molecule has 0 aliphatic carbocycles. The van der Waals surface area contributed by atoms with Crippen molar-refractivity contribution in [2.75, 3.05) is 0 Å². The lowest BCUT2D eigenvalue weighted by atomic mass is 10.2. The first kappa shape index (κ1) is 10.4. The van der Waals surface area contributed by atoms with Crippen LogP contribution in [-0.2, 0) is 17.8 Å². The van der Waals surface area contributed by atoms with E-state index >= 15 is 0 Å². The van der Waals surface area contributed by atoms with Crippen LogP contribution < -0.4 is 5.32 Å². The Labute approximate surface area is 93.7 Å². The molecular formula is C12H13N3O. The van der Waals surface area contributed by atoms with Crippen molar-refractivity contribution < 1.29 is 4.79 Å². The maximum atomic E-state index is 11.6. The highest BCUT2D eigenvalue weighted by molar-refractivity contribution is 5.78. The van der Waals surface area contributed by atoms with Crippen molar-refractivity contribution in [1.29, 1.82) is 0 Å². The number of carbonyl (C=O) groups is 1. The predicted octanol–water partition coefficient (Wildman–Crippen LogP) is 1.27. The molecule has 0 atom stereocenters. The van der Waals surface area contributed by atoms with Gasteiger partial charge in [-0.15, -0.1) is 0 Å². The molecule has 0 saturated heterocycles. The van der Waals surface area contributed by atoms with Crippen LogP contribution in [0.25, 0.3) is 0 Å². The summed E-state index contributed by atoms with van der Waals surface area (Å²) in [6.45, 7) is 0.558. The minimum atomic E-state index is 0.00852. The number of nitrogens with one attached hydrogen (secondary N) is 2. The standard InChI is InChI=1S/C12H13N3O/c16-12(6-10-2-1-4-13-7-10)15-9-11-3-5-14-8-11/h1-5,7-8,14H,6,9H2,(H,15,16). The summed E-state index contributed by atoms with van der Waals surface area (Å²) >= 11 is 0. The summed E-state index contributed by atoms with van der Waals surface area (Å²) < 4.78 is 0. The largest absolute Gasteiger partial charge is 0.367 e. The van der Waals surface area contributed by atoms with Gasteiger partial charge in [-0.25, -0.2) is 0 Å². The second kappa shape index (κ2) is 5.11. The van der Waals surface area contributed by atoms with Crippen LogP contribution in [0.5, 0.6) is 0 Å². The first-order valence-electron chi connectivity index (χ1n) is 5.12. The van der Waals surface area contributed by atoms with Crippen LogP contribution in [0.3, 0.4) is 0 Å². The molecule has 1 amide bonds. The smallest absolute Gasteiger partial charge is 0.224 e. The Bertz CT molecular complexity index is 437. The van der Waals surface area contributed by atoms with E-state index in [2.05, 4.69) is 15.3 Å². The molecule has 0 fully saturated rings.